The van der Waals surface area contributed by atoms with Gasteiger partial charge in [-0.3, -0.25) is 4.79 Å². The van der Waals surface area contributed by atoms with Crippen LogP contribution in [0.3, 0.4) is 0 Å². The standard InChI is InChI=1S/C10H10ClNO2/c1-2-9(12-14)10(13)7-3-5-8(11)6-4-7/h3-6,14H,2H2,1H3. The van der Waals surface area contributed by atoms with Crippen molar-refractivity contribution in [1.29, 1.82) is 0 Å². The maximum absolute atomic E-state index is 11.6. The fourth-order valence-corrected chi connectivity index (χ4v) is 1.17. The molecule has 0 heterocycles. The van der Waals surface area contributed by atoms with Crippen molar-refractivity contribution in [3.63, 3.8) is 0 Å². The Morgan fingerprint density at radius 3 is 2.43 bits per heavy atom. The maximum atomic E-state index is 11.6. The topological polar surface area (TPSA) is 49.7 Å². The van der Waals surface area contributed by atoms with E-state index in [1.54, 1.807) is 31.2 Å². The van der Waals surface area contributed by atoms with Gasteiger partial charge in [-0.25, -0.2) is 0 Å². The molecule has 1 aromatic carbocycles. The molecule has 1 rings (SSSR count). The number of halogens is 1. The van der Waals surface area contributed by atoms with Gasteiger partial charge in [0, 0.05) is 10.6 Å². The summed E-state index contributed by atoms with van der Waals surface area (Å²) in [6.07, 6.45) is 0.401. The predicted molar refractivity (Wildman–Crippen MR) is 55.3 cm³/mol. The Kier molecular flexibility index (Phi) is 3.65. The average Bonchev–Trinajstić information content (AvgIpc) is 2.20. The molecule has 0 saturated heterocycles. The highest BCUT2D eigenvalue weighted by molar-refractivity contribution is 6.45. The third-order valence-corrected chi connectivity index (χ3v) is 2.08. The number of carbonyl (C=O) groups is 1. The number of benzene rings is 1. The van der Waals surface area contributed by atoms with E-state index in [1.165, 1.54) is 0 Å². The van der Waals surface area contributed by atoms with Crippen molar-refractivity contribution >= 4 is 23.1 Å². The second kappa shape index (κ2) is 4.77. The van der Waals surface area contributed by atoms with Gasteiger partial charge < -0.3 is 5.21 Å². The third kappa shape index (κ3) is 2.33. The number of hydrogen-bond acceptors (Lipinski definition) is 3. The predicted octanol–water partition coefficient (Wildman–Crippen LogP) is 2.76. The van der Waals surface area contributed by atoms with E-state index in [9.17, 15) is 4.79 Å². The molecular weight excluding hydrogens is 202 g/mol. The zero-order valence-electron chi connectivity index (χ0n) is 7.70. The molecular formula is C10H10ClNO2. The molecule has 0 amide bonds. The van der Waals surface area contributed by atoms with E-state index in [1.807, 2.05) is 0 Å². The van der Waals surface area contributed by atoms with E-state index in [4.69, 9.17) is 16.8 Å². The van der Waals surface area contributed by atoms with Crippen molar-refractivity contribution in [1.82, 2.24) is 0 Å². The molecule has 0 aliphatic carbocycles. The first-order valence-corrected chi connectivity index (χ1v) is 4.58. The fraction of sp³-hybridized carbons (Fsp3) is 0.200. The summed E-state index contributed by atoms with van der Waals surface area (Å²) in [5.41, 5.74) is 0.622. The van der Waals surface area contributed by atoms with Crippen molar-refractivity contribution in [2.24, 2.45) is 5.16 Å². The van der Waals surface area contributed by atoms with Crippen LogP contribution in [0.25, 0.3) is 0 Å². The molecule has 74 valence electrons. The minimum Gasteiger partial charge on any atom is -0.411 e. The number of hydrogen-bond donors (Lipinski definition) is 1. The van der Waals surface area contributed by atoms with Gasteiger partial charge in [-0.2, -0.15) is 0 Å². The monoisotopic (exact) mass is 211 g/mol. The maximum Gasteiger partial charge on any atom is 0.210 e. The van der Waals surface area contributed by atoms with E-state index >= 15 is 0 Å². The van der Waals surface area contributed by atoms with Crippen LogP contribution >= 0.6 is 11.6 Å². The second-order valence-electron chi connectivity index (χ2n) is 2.74. The first-order chi connectivity index (χ1) is 6.69. The summed E-state index contributed by atoms with van der Waals surface area (Å²) < 4.78 is 0. The lowest BCUT2D eigenvalue weighted by molar-refractivity contribution is 0.106. The molecule has 0 aliphatic heterocycles. The van der Waals surface area contributed by atoms with Gasteiger partial charge in [0.1, 0.15) is 5.71 Å². The van der Waals surface area contributed by atoms with Crippen LogP contribution in [0.5, 0.6) is 0 Å². The van der Waals surface area contributed by atoms with Crippen molar-refractivity contribution in [3.05, 3.63) is 34.9 Å². The number of nitrogens with zero attached hydrogens (tertiary/aromatic N) is 1. The van der Waals surface area contributed by atoms with Crippen LogP contribution in [0.1, 0.15) is 23.7 Å². The van der Waals surface area contributed by atoms with Crippen molar-refractivity contribution in [2.75, 3.05) is 0 Å². The van der Waals surface area contributed by atoms with Crippen LogP contribution in [0, 0.1) is 0 Å². The van der Waals surface area contributed by atoms with Crippen LogP contribution in [-0.4, -0.2) is 16.7 Å². The molecule has 1 N–H and O–H groups in total. The molecule has 0 spiro atoms. The first-order valence-electron chi connectivity index (χ1n) is 4.20. The van der Waals surface area contributed by atoms with Gasteiger partial charge in [0.05, 0.1) is 0 Å². The van der Waals surface area contributed by atoms with E-state index in [2.05, 4.69) is 5.16 Å². The highest BCUT2D eigenvalue weighted by Crippen LogP contribution is 2.11. The Balaban J connectivity index is 2.95. The smallest absolute Gasteiger partial charge is 0.210 e. The van der Waals surface area contributed by atoms with Gasteiger partial charge in [-0.15, -0.1) is 0 Å². The summed E-state index contributed by atoms with van der Waals surface area (Å²) in [6, 6.07) is 6.45. The number of oxime groups is 1. The van der Waals surface area contributed by atoms with Crippen LogP contribution in [0.15, 0.2) is 29.4 Å². The van der Waals surface area contributed by atoms with Gasteiger partial charge >= 0.3 is 0 Å². The van der Waals surface area contributed by atoms with Gasteiger partial charge in [-0.1, -0.05) is 23.7 Å². The van der Waals surface area contributed by atoms with Crippen LogP contribution in [-0.2, 0) is 0 Å². The number of Topliss-reactive ketones (excluding diaryl/α,β-unsaturated/α-hetero) is 1. The summed E-state index contributed by atoms with van der Waals surface area (Å²) in [6.45, 7) is 1.75. The van der Waals surface area contributed by atoms with Crippen molar-refractivity contribution in [2.45, 2.75) is 13.3 Å². The molecule has 0 atom stereocenters. The lowest BCUT2D eigenvalue weighted by atomic mass is 10.1. The van der Waals surface area contributed by atoms with Crippen molar-refractivity contribution in [3.8, 4) is 0 Å². The van der Waals surface area contributed by atoms with E-state index < -0.39 is 0 Å². The largest absolute Gasteiger partial charge is 0.411 e. The molecule has 0 aliphatic rings. The van der Waals surface area contributed by atoms with Crippen molar-refractivity contribution < 1.29 is 10.0 Å². The SMILES string of the molecule is CCC(=NO)C(=O)c1ccc(Cl)cc1. The van der Waals surface area contributed by atoms with E-state index in [0.717, 1.165) is 0 Å². The van der Waals surface area contributed by atoms with Crippen LogP contribution in [0.4, 0.5) is 0 Å². The molecule has 0 saturated carbocycles. The molecule has 3 nitrogen and oxygen atoms in total. The molecule has 0 bridgehead atoms. The van der Waals surface area contributed by atoms with E-state index in [0.29, 0.717) is 17.0 Å². The second-order valence-corrected chi connectivity index (χ2v) is 3.17. The molecule has 1 aromatic rings. The molecule has 0 aromatic heterocycles. The van der Waals surface area contributed by atoms with Gasteiger partial charge in [0.25, 0.3) is 0 Å². The molecule has 0 radical (unpaired) electrons. The Labute approximate surface area is 87.0 Å². The number of carbonyl (C=O) groups excluding carboxylic acids is 1. The minimum atomic E-state index is -0.272. The Bertz CT molecular complexity index is 357. The first kappa shape index (κ1) is 10.7. The number of rotatable bonds is 3. The van der Waals surface area contributed by atoms with Crippen LogP contribution < -0.4 is 0 Å². The van der Waals surface area contributed by atoms with Gasteiger partial charge in [0.2, 0.25) is 5.78 Å². The summed E-state index contributed by atoms with van der Waals surface area (Å²) in [7, 11) is 0. The summed E-state index contributed by atoms with van der Waals surface area (Å²) in [5.74, 6) is -0.272. The Morgan fingerprint density at radius 2 is 2.00 bits per heavy atom. The third-order valence-electron chi connectivity index (χ3n) is 1.82. The highest BCUT2D eigenvalue weighted by atomic mass is 35.5. The normalized spacial score (nSPS) is 11.4. The summed E-state index contributed by atoms with van der Waals surface area (Å²) >= 11 is 5.67. The lowest BCUT2D eigenvalue weighted by Crippen LogP contribution is -2.13. The zero-order chi connectivity index (χ0) is 10.6. The van der Waals surface area contributed by atoms with E-state index in [-0.39, 0.29) is 11.5 Å². The highest BCUT2D eigenvalue weighted by Gasteiger charge is 2.12. The molecule has 4 heteroatoms. The number of ketones is 1. The minimum absolute atomic E-state index is 0.146. The molecule has 0 fully saturated rings. The Hall–Kier alpha value is -1.35. The summed E-state index contributed by atoms with van der Waals surface area (Å²) in [5, 5.41) is 12.1. The summed E-state index contributed by atoms with van der Waals surface area (Å²) in [4.78, 5) is 11.6. The zero-order valence-corrected chi connectivity index (χ0v) is 8.45. The quantitative estimate of drug-likeness (QED) is 0.362. The Morgan fingerprint density at radius 1 is 1.43 bits per heavy atom. The molecule has 0 unspecified atom stereocenters. The lowest BCUT2D eigenvalue weighted by Gasteiger charge is -2.00. The van der Waals surface area contributed by atoms with Gasteiger partial charge in [-0.05, 0) is 30.7 Å². The van der Waals surface area contributed by atoms with Crippen LogP contribution in [0.2, 0.25) is 5.02 Å². The average molecular weight is 212 g/mol. The fourth-order valence-electron chi connectivity index (χ4n) is 1.04. The molecule has 14 heavy (non-hydrogen) atoms. The van der Waals surface area contributed by atoms with Gasteiger partial charge in [0.15, 0.2) is 0 Å².